The van der Waals surface area contributed by atoms with Gasteiger partial charge in [-0.3, -0.25) is 4.98 Å². The molecule has 2 aromatic heterocycles. The van der Waals surface area contributed by atoms with Crippen molar-refractivity contribution >= 4 is 11.8 Å². The highest BCUT2D eigenvalue weighted by atomic mass is 16.5. The van der Waals surface area contributed by atoms with E-state index in [0.29, 0.717) is 11.1 Å². The maximum atomic E-state index is 11.6. The van der Waals surface area contributed by atoms with Gasteiger partial charge in [0.2, 0.25) is 0 Å². The Labute approximate surface area is 98.3 Å². The van der Waals surface area contributed by atoms with Gasteiger partial charge in [-0.25, -0.2) is 9.78 Å². The predicted octanol–water partition coefficient (Wildman–Crippen LogP) is 1.51. The fourth-order valence-electron chi connectivity index (χ4n) is 1.51. The number of pyridine rings is 2. The number of carbonyl (C=O) groups is 1. The number of nitrogen functional groups attached to an aromatic ring is 1. The number of rotatable bonds is 2. The zero-order valence-corrected chi connectivity index (χ0v) is 9.25. The van der Waals surface area contributed by atoms with Crippen LogP contribution in [0.2, 0.25) is 0 Å². The van der Waals surface area contributed by atoms with Gasteiger partial charge in [-0.1, -0.05) is 0 Å². The minimum atomic E-state index is -0.439. The maximum Gasteiger partial charge on any atom is 0.338 e. The third-order valence-corrected chi connectivity index (χ3v) is 2.32. The Morgan fingerprint density at radius 1 is 1.35 bits per heavy atom. The lowest BCUT2D eigenvalue weighted by molar-refractivity contribution is 0.0601. The zero-order valence-electron chi connectivity index (χ0n) is 9.25. The molecule has 2 N–H and O–H groups in total. The maximum absolute atomic E-state index is 11.6. The molecule has 0 fully saturated rings. The Kier molecular flexibility index (Phi) is 3.00. The van der Waals surface area contributed by atoms with Crippen molar-refractivity contribution in [1.29, 1.82) is 0 Å². The summed E-state index contributed by atoms with van der Waals surface area (Å²) in [7, 11) is 1.33. The van der Waals surface area contributed by atoms with Crippen LogP contribution >= 0.6 is 0 Å². The van der Waals surface area contributed by atoms with Gasteiger partial charge >= 0.3 is 5.97 Å². The van der Waals surface area contributed by atoms with Gasteiger partial charge in [0, 0.05) is 24.2 Å². The number of hydrogen-bond donors (Lipinski definition) is 1. The summed E-state index contributed by atoms with van der Waals surface area (Å²) >= 11 is 0. The minimum Gasteiger partial charge on any atom is -0.465 e. The summed E-state index contributed by atoms with van der Waals surface area (Å²) in [5.74, 6) is -0.158. The van der Waals surface area contributed by atoms with Gasteiger partial charge in [-0.2, -0.15) is 0 Å². The van der Waals surface area contributed by atoms with Crippen molar-refractivity contribution in [2.24, 2.45) is 0 Å². The van der Waals surface area contributed by atoms with Crippen LogP contribution < -0.4 is 5.73 Å². The van der Waals surface area contributed by atoms with Gasteiger partial charge in [0.1, 0.15) is 5.82 Å². The van der Waals surface area contributed by atoms with E-state index in [2.05, 4.69) is 9.97 Å². The first-order valence-electron chi connectivity index (χ1n) is 4.96. The van der Waals surface area contributed by atoms with Crippen LogP contribution in [-0.2, 0) is 4.74 Å². The first-order chi connectivity index (χ1) is 8.22. The quantitative estimate of drug-likeness (QED) is 0.790. The summed E-state index contributed by atoms with van der Waals surface area (Å²) in [4.78, 5) is 19.5. The molecule has 2 rings (SSSR count). The molecule has 0 amide bonds. The molecule has 2 aromatic rings. The largest absolute Gasteiger partial charge is 0.465 e. The average Bonchev–Trinajstić information content (AvgIpc) is 2.38. The monoisotopic (exact) mass is 229 g/mol. The van der Waals surface area contributed by atoms with Crippen molar-refractivity contribution in [1.82, 2.24) is 9.97 Å². The van der Waals surface area contributed by atoms with Crippen LogP contribution in [0.15, 0.2) is 36.8 Å². The minimum absolute atomic E-state index is 0.281. The standard InChI is InChI=1S/C12H11N3O2/c1-17-12(16)9-6-11(13)15-7-10(9)8-2-4-14-5-3-8/h2-7H,1H3,(H2,13,15). The Bertz CT molecular complexity index is 541. The second kappa shape index (κ2) is 4.61. The summed E-state index contributed by atoms with van der Waals surface area (Å²) in [6, 6.07) is 5.08. The molecule has 0 aliphatic heterocycles. The Hall–Kier alpha value is -2.43. The number of hydrogen-bond acceptors (Lipinski definition) is 5. The molecule has 0 atom stereocenters. The fourth-order valence-corrected chi connectivity index (χ4v) is 1.51. The Morgan fingerprint density at radius 2 is 2.06 bits per heavy atom. The summed E-state index contributed by atoms with van der Waals surface area (Å²) in [5, 5.41) is 0. The van der Waals surface area contributed by atoms with E-state index in [1.54, 1.807) is 30.7 Å². The van der Waals surface area contributed by atoms with Crippen LogP contribution in [-0.4, -0.2) is 23.0 Å². The van der Waals surface area contributed by atoms with Crippen LogP contribution in [0.1, 0.15) is 10.4 Å². The van der Waals surface area contributed by atoms with Crippen molar-refractivity contribution in [3.63, 3.8) is 0 Å². The van der Waals surface area contributed by atoms with E-state index >= 15 is 0 Å². The molecule has 0 bridgehead atoms. The molecular weight excluding hydrogens is 218 g/mol. The van der Waals surface area contributed by atoms with Crippen LogP contribution in [0.3, 0.4) is 0 Å². The number of methoxy groups -OCH3 is 1. The molecule has 0 aliphatic rings. The molecule has 2 heterocycles. The summed E-state index contributed by atoms with van der Waals surface area (Å²) in [6.07, 6.45) is 4.84. The van der Waals surface area contributed by atoms with E-state index in [-0.39, 0.29) is 5.82 Å². The Morgan fingerprint density at radius 3 is 2.71 bits per heavy atom. The van der Waals surface area contributed by atoms with E-state index in [9.17, 15) is 4.79 Å². The van der Waals surface area contributed by atoms with Crippen molar-refractivity contribution in [3.05, 3.63) is 42.4 Å². The van der Waals surface area contributed by atoms with E-state index in [1.807, 2.05) is 0 Å². The highest BCUT2D eigenvalue weighted by Crippen LogP contribution is 2.24. The number of ether oxygens (including phenoxy) is 1. The Balaban J connectivity index is 2.58. The van der Waals surface area contributed by atoms with E-state index in [1.165, 1.54) is 13.2 Å². The molecule has 0 aromatic carbocycles. The predicted molar refractivity (Wildman–Crippen MR) is 63.2 cm³/mol. The molecule has 0 unspecified atom stereocenters. The van der Waals surface area contributed by atoms with E-state index in [0.717, 1.165) is 5.56 Å². The topological polar surface area (TPSA) is 78.1 Å². The third kappa shape index (κ3) is 2.23. The lowest BCUT2D eigenvalue weighted by atomic mass is 10.0. The van der Waals surface area contributed by atoms with Gasteiger partial charge in [-0.05, 0) is 23.8 Å². The van der Waals surface area contributed by atoms with Crippen LogP contribution in [0.5, 0.6) is 0 Å². The lowest BCUT2D eigenvalue weighted by Gasteiger charge is -2.07. The second-order valence-electron chi connectivity index (χ2n) is 3.38. The average molecular weight is 229 g/mol. The van der Waals surface area contributed by atoms with Crippen LogP contribution in [0.25, 0.3) is 11.1 Å². The molecule has 5 nitrogen and oxygen atoms in total. The van der Waals surface area contributed by atoms with E-state index < -0.39 is 5.97 Å². The SMILES string of the molecule is COC(=O)c1cc(N)ncc1-c1ccncc1. The summed E-state index contributed by atoms with van der Waals surface area (Å²) < 4.78 is 4.72. The molecular formula is C12H11N3O2. The number of aromatic nitrogens is 2. The molecule has 0 aliphatic carbocycles. The van der Waals surface area contributed by atoms with Gasteiger partial charge in [-0.15, -0.1) is 0 Å². The lowest BCUT2D eigenvalue weighted by Crippen LogP contribution is -2.05. The first-order valence-corrected chi connectivity index (χ1v) is 4.96. The molecule has 0 radical (unpaired) electrons. The second-order valence-corrected chi connectivity index (χ2v) is 3.38. The number of nitrogens with two attached hydrogens (primary N) is 1. The van der Waals surface area contributed by atoms with Gasteiger partial charge < -0.3 is 10.5 Å². The summed E-state index contributed by atoms with van der Waals surface area (Å²) in [5.41, 5.74) is 7.48. The third-order valence-electron chi connectivity index (χ3n) is 2.32. The van der Waals surface area contributed by atoms with Gasteiger partial charge in [0.05, 0.1) is 12.7 Å². The smallest absolute Gasteiger partial charge is 0.338 e. The molecule has 0 saturated heterocycles. The van der Waals surface area contributed by atoms with Crippen molar-refractivity contribution < 1.29 is 9.53 Å². The van der Waals surface area contributed by atoms with Crippen molar-refractivity contribution in [2.75, 3.05) is 12.8 Å². The molecule has 0 spiro atoms. The number of anilines is 1. The van der Waals surface area contributed by atoms with Crippen molar-refractivity contribution in [2.45, 2.75) is 0 Å². The highest BCUT2D eigenvalue weighted by Gasteiger charge is 2.14. The van der Waals surface area contributed by atoms with Gasteiger partial charge in [0.15, 0.2) is 0 Å². The van der Waals surface area contributed by atoms with Crippen LogP contribution in [0.4, 0.5) is 5.82 Å². The number of nitrogens with zero attached hydrogens (tertiary/aromatic N) is 2. The van der Waals surface area contributed by atoms with E-state index in [4.69, 9.17) is 10.5 Å². The van der Waals surface area contributed by atoms with Crippen LogP contribution in [0, 0.1) is 0 Å². The highest BCUT2D eigenvalue weighted by molar-refractivity contribution is 5.97. The molecule has 0 saturated carbocycles. The van der Waals surface area contributed by atoms with Gasteiger partial charge in [0.25, 0.3) is 0 Å². The number of esters is 1. The fraction of sp³-hybridized carbons (Fsp3) is 0.0833. The summed E-state index contributed by atoms with van der Waals surface area (Å²) in [6.45, 7) is 0. The molecule has 86 valence electrons. The molecule has 17 heavy (non-hydrogen) atoms. The first kappa shape index (κ1) is 11.1. The van der Waals surface area contributed by atoms with Crippen molar-refractivity contribution in [3.8, 4) is 11.1 Å². The molecule has 5 heteroatoms. The number of carbonyl (C=O) groups excluding carboxylic acids is 1. The normalized spacial score (nSPS) is 9.94. The zero-order chi connectivity index (χ0) is 12.3.